The van der Waals surface area contributed by atoms with E-state index in [1.165, 1.54) is 0 Å². The molecular formula is C28H31N5O2. The molecule has 0 aliphatic heterocycles. The molecular weight excluding hydrogens is 438 g/mol. The highest BCUT2D eigenvalue weighted by molar-refractivity contribution is 6.06. The number of benzene rings is 1. The normalized spacial score (nSPS) is 11.3. The van der Waals surface area contributed by atoms with Gasteiger partial charge in [-0.3, -0.25) is 14.6 Å². The van der Waals surface area contributed by atoms with Crippen molar-refractivity contribution >= 4 is 22.7 Å². The summed E-state index contributed by atoms with van der Waals surface area (Å²) in [4.78, 5) is 34.3. The maximum Gasteiger partial charge on any atom is 0.252 e. The summed E-state index contributed by atoms with van der Waals surface area (Å²) in [7, 11) is 0. The van der Waals surface area contributed by atoms with Crippen LogP contribution in [0.15, 0.2) is 42.6 Å². The van der Waals surface area contributed by atoms with Gasteiger partial charge in [0, 0.05) is 36.0 Å². The summed E-state index contributed by atoms with van der Waals surface area (Å²) in [6, 6.07) is 11.7. The topological polar surface area (TPSA) is 89.8 Å². The van der Waals surface area contributed by atoms with Crippen molar-refractivity contribution in [1.29, 1.82) is 0 Å². The first kappa shape index (κ1) is 24.3. The Kier molecular flexibility index (Phi) is 6.78. The van der Waals surface area contributed by atoms with Crippen LogP contribution in [0.2, 0.25) is 0 Å². The predicted molar refractivity (Wildman–Crippen MR) is 137 cm³/mol. The highest BCUT2D eigenvalue weighted by Gasteiger charge is 2.19. The number of Topliss-reactive ketones (excluding diaryl/α,β-unsaturated/α-hetero) is 1. The first-order chi connectivity index (χ1) is 16.6. The molecule has 0 aliphatic carbocycles. The third-order valence-electron chi connectivity index (χ3n) is 6.11. The van der Waals surface area contributed by atoms with Gasteiger partial charge in [-0.25, -0.2) is 9.67 Å². The maximum atomic E-state index is 13.4. The van der Waals surface area contributed by atoms with Crippen LogP contribution in [-0.4, -0.2) is 31.4 Å². The van der Waals surface area contributed by atoms with Crippen molar-refractivity contribution in [2.45, 2.75) is 60.5 Å². The Labute approximate surface area is 205 Å². The Balaban J connectivity index is 1.72. The quantitative estimate of drug-likeness (QED) is 0.409. The molecule has 0 unspecified atom stereocenters. The Morgan fingerprint density at radius 2 is 1.74 bits per heavy atom. The zero-order valence-corrected chi connectivity index (χ0v) is 21.1. The molecule has 0 spiro atoms. The van der Waals surface area contributed by atoms with Crippen LogP contribution in [0.25, 0.3) is 22.3 Å². The van der Waals surface area contributed by atoms with E-state index in [9.17, 15) is 9.59 Å². The van der Waals surface area contributed by atoms with Crippen LogP contribution in [0.4, 0.5) is 0 Å². The number of nitrogens with zero attached hydrogens (tertiary/aromatic N) is 4. The van der Waals surface area contributed by atoms with Crippen molar-refractivity contribution in [2.75, 3.05) is 0 Å². The van der Waals surface area contributed by atoms with E-state index < -0.39 is 0 Å². The lowest BCUT2D eigenvalue weighted by Crippen LogP contribution is -2.24. The average molecular weight is 470 g/mol. The molecule has 0 aliphatic rings. The monoisotopic (exact) mass is 469 g/mol. The number of carbonyl (C=O) groups excluding carboxylic acids is 2. The van der Waals surface area contributed by atoms with Gasteiger partial charge in [0.2, 0.25) is 0 Å². The number of aryl methyl sites for hydroxylation is 3. The maximum absolute atomic E-state index is 13.4. The molecule has 0 saturated carbocycles. The first-order valence-corrected chi connectivity index (χ1v) is 11.8. The molecule has 35 heavy (non-hydrogen) atoms. The molecule has 0 atom stereocenters. The van der Waals surface area contributed by atoms with E-state index >= 15 is 0 Å². The number of aromatic nitrogens is 4. The standard InChI is InChI=1S/C28H31N5O2/c1-16(2)33-27-25(15-30-33)23(28(35)29-14-24-17(3)11-18(4)31-20(24)6)13-26(32-27)22-9-7-21(8-10-22)12-19(5)34/h7-11,13,15-16H,12,14H2,1-6H3,(H,29,35). The molecule has 1 amide bonds. The van der Waals surface area contributed by atoms with E-state index in [2.05, 4.69) is 15.4 Å². The van der Waals surface area contributed by atoms with Gasteiger partial charge in [0.15, 0.2) is 5.65 Å². The Bertz CT molecular complexity index is 1390. The van der Waals surface area contributed by atoms with Crippen LogP contribution in [0.3, 0.4) is 0 Å². The summed E-state index contributed by atoms with van der Waals surface area (Å²) in [5.74, 6) is -0.0686. The van der Waals surface area contributed by atoms with Crippen molar-refractivity contribution < 1.29 is 9.59 Å². The molecule has 3 heterocycles. The van der Waals surface area contributed by atoms with Crippen molar-refractivity contribution in [1.82, 2.24) is 25.1 Å². The van der Waals surface area contributed by atoms with Crippen LogP contribution < -0.4 is 5.32 Å². The molecule has 180 valence electrons. The number of amides is 1. The molecule has 1 aromatic carbocycles. The van der Waals surface area contributed by atoms with Crippen LogP contribution in [0.1, 0.15) is 65.2 Å². The Hall–Kier alpha value is -3.87. The molecule has 4 rings (SSSR count). The average Bonchev–Trinajstić information content (AvgIpc) is 3.22. The highest BCUT2D eigenvalue weighted by Crippen LogP contribution is 2.27. The van der Waals surface area contributed by atoms with Gasteiger partial charge in [-0.05, 0) is 70.4 Å². The van der Waals surface area contributed by atoms with Crippen LogP contribution in [-0.2, 0) is 17.8 Å². The number of hydrogen-bond donors (Lipinski definition) is 1. The number of pyridine rings is 2. The molecule has 4 aromatic rings. The Morgan fingerprint density at radius 1 is 1.03 bits per heavy atom. The molecule has 7 nitrogen and oxygen atoms in total. The number of nitrogens with one attached hydrogen (secondary N) is 1. The molecule has 1 N–H and O–H groups in total. The van der Waals surface area contributed by atoms with Crippen molar-refractivity contribution in [2.24, 2.45) is 0 Å². The molecule has 0 saturated heterocycles. The van der Waals surface area contributed by atoms with Gasteiger partial charge in [-0.2, -0.15) is 5.10 Å². The number of carbonyl (C=O) groups is 2. The minimum Gasteiger partial charge on any atom is -0.348 e. The molecule has 0 bridgehead atoms. The summed E-state index contributed by atoms with van der Waals surface area (Å²) in [6.45, 7) is 12.0. The van der Waals surface area contributed by atoms with E-state index in [0.29, 0.717) is 35.3 Å². The predicted octanol–water partition coefficient (Wildman–Crippen LogP) is 5.06. The number of ketones is 1. The largest absolute Gasteiger partial charge is 0.348 e. The van der Waals surface area contributed by atoms with Gasteiger partial charge < -0.3 is 5.32 Å². The van der Waals surface area contributed by atoms with Gasteiger partial charge in [-0.15, -0.1) is 0 Å². The number of fused-ring (bicyclic) bond motifs is 1. The second kappa shape index (κ2) is 9.78. The summed E-state index contributed by atoms with van der Waals surface area (Å²) >= 11 is 0. The molecule has 7 heteroatoms. The van der Waals surface area contributed by atoms with E-state index in [1.54, 1.807) is 13.1 Å². The van der Waals surface area contributed by atoms with Crippen LogP contribution in [0.5, 0.6) is 0 Å². The summed E-state index contributed by atoms with van der Waals surface area (Å²) < 4.78 is 1.83. The SMILES string of the molecule is CC(=O)Cc1ccc(-c2cc(C(=O)NCc3c(C)cc(C)nc3C)c3cnn(C(C)C)c3n2)cc1. The number of hydrogen-bond acceptors (Lipinski definition) is 5. The van der Waals surface area contributed by atoms with Crippen LogP contribution in [0, 0.1) is 20.8 Å². The summed E-state index contributed by atoms with van der Waals surface area (Å²) in [5, 5.41) is 8.29. The van der Waals surface area contributed by atoms with Gasteiger partial charge in [0.1, 0.15) is 5.78 Å². The zero-order valence-electron chi connectivity index (χ0n) is 21.1. The molecule has 0 fully saturated rings. The second-order valence-corrected chi connectivity index (χ2v) is 9.38. The lowest BCUT2D eigenvalue weighted by Gasteiger charge is -2.13. The molecule has 0 radical (unpaired) electrons. The second-order valence-electron chi connectivity index (χ2n) is 9.38. The number of rotatable bonds is 7. The summed E-state index contributed by atoms with van der Waals surface area (Å²) in [5.41, 5.74) is 7.71. The van der Waals surface area contributed by atoms with E-state index in [4.69, 9.17) is 4.98 Å². The summed E-state index contributed by atoms with van der Waals surface area (Å²) in [6.07, 6.45) is 2.11. The fourth-order valence-corrected chi connectivity index (χ4v) is 4.39. The van der Waals surface area contributed by atoms with Crippen molar-refractivity contribution in [3.8, 4) is 11.3 Å². The fraction of sp³-hybridized carbons (Fsp3) is 0.321. The minimum absolute atomic E-state index is 0.0908. The lowest BCUT2D eigenvalue weighted by atomic mass is 10.0. The van der Waals surface area contributed by atoms with E-state index in [-0.39, 0.29) is 17.7 Å². The lowest BCUT2D eigenvalue weighted by molar-refractivity contribution is -0.116. The third-order valence-corrected chi connectivity index (χ3v) is 6.11. The van der Waals surface area contributed by atoms with Gasteiger partial charge in [0.05, 0.1) is 22.8 Å². The third kappa shape index (κ3) is 5.14. The smallest absolute Gasteiger partial charge is 0.252 e. The fourth-order valence-electron chi connectivity index (χ4n) is 4.39. The van der Waals surface area contributed by atoms with Gasteiger partial charge in [-0.1, -0.05) is 24.3 Å². The van der Waals surface area contributed by atoms with E-state index in [0.717, 1.165) is 33.6 Å². The molecule has 3 aromatic heterocycles. The Morgan fingerprint density at radius 3 is 2.37 bits per heavy atom. The van der Waals surface area contributed by atoms with Gasteiger partial charge in [0.25, 0.3) is 5.91 Å². The first-order valence-electron chi connectivity index (χ1n) is 11.8. The highest BCUT2D eigenvalue weighted by atomic mass is 16.1. The van der Waals surface area contributed by atoms with Crippen molar-refractivity contribution in [3.63, 3.8) is 0 Å². The van der Waals surface area contributed by atoms with Crippen molar-refractivity contribution in [3.05, 3.63) is 76.2 Å². The van der Waals surface area contributed by atoms with E-state index in [1.807, 2.05) is 75.7 Å². The van der Waals surface area contributed by atoms with Crippen LogP contribution >= 0.6 is 0 Å². The van der Waals surface area contributed by atoms with Gasteiger partial charge >= 0.3 is 0 Å². The minimum atomic E-state index is -0.186. The zero-order chi connectivity index (χ0) is 25.3.